The first kappa shape index (κ1) is 10.7. The zero-order valence-corrected chi connectivity index (χ0v) is 10.4. The molecule has 3 nitrogen and oxygen atoms in total. The van der Waals surface area contributed by atoms with E-state index in [1.165, 1.54) is 6.20 Å². The monoisotopic (exact) mass is 302 g/mol. The van der Waals surface area contributed by atoms with Crippen molar-refractivity contribution < 1.29 is 4.79 Å². The molecule has 6 heteroatoms. The van der Waals surface area contributed by atoms with Gasteiger partial charge in [-0.15, -0.1) is 5.10 Å². The molecule has 0 aliphatic carbocycles. The summed E-state index contributed by atoms with van der Waals surface area (Å²) in [4.78, 5) is 12.4. The third kappa shape index (κ3) is 2.09. The molecular formula is C9H4BrClN2OS. The maximum absolute atomic E-state index is 12.0. The second-order valence-corrected chi connectivity index (χ2v) is 4.75. The quantitative estimate of drug-likeness (QED) is 0.800. The minimum absolute atomic E-state index is 0.164. The van der Waals surface area contributed by atoms with Gasteiger partial charge in [0.15, 0.2) is 0 Å². The van der Waals surface area contributed by atoms with E-state index in [1.54, 1.807) is 18.2 Å². The maximum atomic E-state index is 12.0. The normalized spacial score (nSPS) is 10.3. The first-order chi connectivity index (χ1) is 7.20. The average molecular weight is 304 g/mol. The number of aromatic nitrogens is 2. The van der Waals surface area contributed by atoms with Crippen LogP contribution in [0.5, 0.6) is 0 Å². The Morgan fingerprint density at radius 1 is 1.47 bits per heavy atom. The molecule has 76 valence electrons. The number of nitrogens with zero attached hydrogens (tertiary/aromatic N) is 2. The number of benzene rings is 1. The highest BCUT2D eigenvalue weighted by Gasteiger charge is 2.17. The molecular weight excluding hydrogens is 300 g/mol. The Bertz CT molecular complexity index is 481. The summed E-state index contributed by atoms with van der Waals surface area (Å²) in [5.74, 6) is -0.164. The zero-order valence-electron chi connectivity index (χ0n) is 7.28. The van der Waals surface area contributed by atoms with E-state index in [1.807, 2.05) is 0 Å². The van der Waals surface area contributed by atoms with Gasteiger partial charge in [0.05, 0.1) is 16.8 Å². The van der Waals surface area contributed by atoms with Gasteiger partial charge in [0.1, 0.15) is 4.88 Å². The van der Waals surface area contributed by atoms with Crippen LogP contribution in [0.25, 0.3) is 0 Å². The minimum atomic E-state index is -0.164. The van der Waals surface area contributed by atoms with E-state index in [4.69, 9.17) is 11.6 Å². The van der Waals surface area contributed by atoms with Crippen molar-refractivity contribution in [2.24, 2.45) is 0 Å². The van der Waals surface area contributed by atoms with E-state index in [-0.39, 0.29) is 5.78 Å². The van der Waals surface area contributed by atoms with Crippen LogP contribution in [0.4, 0.5) is 0 Å². The third-order valence-electron chi connectivity index (χ3n) is 1.77. The predicted molar refractivity (Wildman–Crippen MR) is 62.5 cm³/mol. The standard InChI is InChI=1S/C9H4BrClN2OS/c10-5-2-1-3-6(11)8(5)9(14)7-4-12-13-15-7/h1-4H. The molecule has 2 aromatic rings. The number of ketones is 1. The summed E-state index contributed by atoms with van der Waals surface area (Å²) >= 11 is 10.3. The summed E-state index contributed by atoms with van der Waals surface area (Å²) in [6.07, 6.45) is 1.43. The van der Waals surface area contributed by atoms with Gasteiger partial charge in [-0.05, 0) is 39.6 Å². The average Bonchev–Trinajstić information content (AvgIpc) is 2.69. The van der Waals surface area contributed by atoms with Crippen LogP contribution in [-0.4, -0.2) is 15.4 Å². The Hall–Kier alpha value is -0.780. The van der Waals surface area contributed by atoms with Crippen molar-refractivity contribution in [2.75, 3.05) is 0 Å². The van der Waals surface area contributed by atoms with Crippen molar-refractivity contribution in [3.05, 3.63) is 44.3 Å². The van der Waals surface area contributed by atoms with Crippen LogP contribution in [0.15, 0.2) is 28.9 Å². The van der Waals surface area contributed by atoms with Gasteiger partial charge in [0, 0.05) is 4.47 Å². The fraction of sp³-hybridized carbons (Fsp3) is 0. The first-order valence-corrected chi connectivity index (χ1v) is 5.90. The van der Waals surface area contributed by atoms with E-state index in [2.05, 4.69) is 25.5 Å². The molecule has 0 fully saturated rings. The van der Waals surface area contributed by atoms with Gasteiger partial charge in [-0.3, -0.25) is 4.79 Å². The van der Waals surface area contributed by atoms with Crippen LogP contribution in [0.3, 0.4) is 0 Å². The smallest absolute Gasteiger partial charge is 0.208 e. The number of halogens is 2. The summed E-state index contributed by atoms with van der Waals surface area (Å²) < 4.78 is 4.31. The van der Waals surface area contributed by atoms with Crippen molar-refractivity contribution >= 4 is 44.8 Å². The Balaban J connectivity index is 2.51. The molecule has 0 atom stereocenters. The van der Waals surface area contributed by atoms with Gasteiger partial charge in [-0.25, -0.2) is 0 Å². The highest BCUT2D eigenvalue weighted by molar-refractivity contribution is 9.10. The first-order valence-electron chi connectivity index (χ1n) is 3.96. The minimum Gasteiger partial charge on any atom is -0.287 e. The molecule has 1 heterocycles. The molecule has 1 aromatic carbocycles. The molecule has 0 bridgehead atoms. The van der Waals surface area contributed by atoms with E-state index in [0.717, 1.165) is 11.5 Å². The van der Waals surface area contributed by atoms with Gasteiger partial charge < -0.3 is 0 Å². The highest BCUT2D eigenvalue weighted by Crippen LogP contribution is 2.27. The van der Waals surface area contributed by atoms with Crippen molar-refractivity contribution in [1.29, 1.82) is 0 Å². The van der Waals surface area contributed by atoms with Crippen LogP contribution >= 0.6 is 39.1 Å². The SMILES string of the molecule is O=C(c1cnns1)c1c(Cl)cccc1Br. The van der Waals surface area contributed by atoms with Crippen LogP contribution in [0.1, 0.15) is 15.2 Å². The van der Waals surface area contributed by atoms with Crippen molar-refractivity contribution in [3.63, 3.8) is 0 Å². The molecule has 1 aromatic heterocycles. The fourth-order valence-electron chi connectivity index (χ4n) is 1.11. The molecule has 0 spiro atoms. The summed E-state index contributed by atoms with van der Waals surface area (Å²) in [6.45, 7) is 0. The molecule has 0 saturated carbocycles. The van der Waals surface area contributed by atoms with E-state index >= 15 is 0 Å². The van der Waals surface area contributed by atoms with Gasteiger partial charge in [0.25, 0.3) is 0 Å². The second kappa shape index (κ2) is 4.38. The van der Waals surface area contributed by atoms with E-state index in [0.29, 0.717) is 19.9 Å². The fourth-order valence-corrected chi connectivity index (χ4v) is 2.49. The number of carbonyl (C=O) groups is 1. The third-order valence-corrected chi connectivity index (χ3v) is 3.41. The Morgan fingerprint density at radius 3 is 2.87 bits per heavy atom. The van der Waals surface area contributed by atoms with Crippen molar-refractivity contribution in [3.8, 4) is 0 Å². The number of carbonyl (C=O) groups excluding carboxylic acids is 1. The number of rotatable bonds is 2. The lowest BCUT2D eigenvalue weighted by atomic mass is 10.1. The second-order valence-electron chi connectivity index (χ2n) is 2.71. The lowest BCUT2D eigenvalue weighted by Gasteiger charge is -2.03. The molecule has 2 rings (SSSR count). The summed E-state index contributed by atoms with van der Waals surface area (Å²) in [7, 11) is 0. The molecule has 0 saturated heterocycles. The molecule has 0 aliphatic heterocycles. The lowest BCUT2D eigenvalue weighted by Crippen LogP contribution is -2.00. The Labute approximate surface area is 103 Å². The zero-order chi connectivity index (χ0) is 10.8. The van der Waals surface area contributed by atoms with Crippen molar-refractivity contribution in [1.82, 2.24) is 9.59 Å². The predicted octanol–water partition coefficient (Wildman–Crippen LogP) is 3.19. The number of hydrogen-bond donors (Lipinski definition) is 0. The lowest BCUT2D eigenvalue weighted by molar-refractivity contribution is 0.104. The molecule has 0 radical (unpaired) electrons. The Morgan fingerprint density at radius 2 is 2.27 bits per heavy atom. The van der Waals surface area contributed by atoms with Crippen LogP contribution in [-0.2, 0) is 0 Å². The van der Waals surface area contributed by atoms with Gasteiger partial charge >= 0.3 is 0 Å². The van der Waals surface area contributed by atoms with Gasteiger partial charge in [-0.1, -0.05) is 22.2 Å². The van der Waals surface area contributed by atoms with Crippen LogP contribution in [0.2, 0.25) is 5.02 Å². The maximum Gasteiger partial charge on any atom is 0.208 e. The van der Waals surface area contributed by atoms with Crippen LogP contribution in [0, 0.1) is 0 Å². The summed E-state index contributed by atoms with van der Waals surface area (Å²) in [5, 5.41) is 4.04. The molecule has 0 amide bonds. The number of hydrogen-bond acceptors (Lipinski definition) is 4. The highest BCUT2D eigenvalue weighted by atomic mass is 79.9. The summed E-state index contributed by atoms with van der Waals surface area (Å²) in [5.41, 5.74) is 0.449. The van der Waals surface area contributed by atoms with E-state index in [9.17, 15) is 4.79 Å². The summed E-state index contributed by atoms with van der Waals surface area (Å²) in [6, 6.07) is 5.22. The Kier molecular flexibility index (Phi) is 3.14. The topological polar surface area (TPSA) is 42.9 Å². The van der Waals surface area contributed by atoms with Gasteiger partial charge in [-0.2, -0.15) is 0 Å². The molecule has 15 heavy (non-hydrogen) atoms. The molecule has 0 N–H and O–H groups in total. The molecule has 0 aliphatic rings. The molecule has 0 unspecified atom stereocenters. The van der Waals surface area contributed by atoms with E-state index < -0.39 is 0 Å². The van der Waals surface area contributed by atoms with Gasteiger partial charge in [0.2, 0.25) is 5.78 Å². The largest absolute Gasteiger partial charge is 0.287 e. The van der Waals surface area contributed by atoms with Crippen LogP contribution < -0.4 is 0 Å². The van der Waals surface area contributed by atoms with Crippen molar-refractivity contribution in [2.45, 2.75) is 0 Å².